The van der Waals surface area contributed by atoms with Crippen molar-refractivity contribution < 1.29 is 9.59 Å². The molecule has 2 amide bonds. The van der Waals surface area contributed by atoms with Crippen molar-refractivity contribution in [3.05, 3.63) is 40.9 Å². The van der Waals surface area contributed by atoms with Gasteiger partial charge in [-0.1, -0.05) is 34.1 Å². The molecule has 4 heteroatoms. The number of hydrogen-bond donors (Lipinski definition) is 0. The third-order valence-electron chi connectivity index (χ3n) is 5.73. The van der Waals surface area contributed by atoms with E-state index in [0.717, 1.165) is 4.47 Å². The van der Waals surface area contributed by atoms with Gasteiger partial charge in [0.05, 0.1) is 17.5 Å². The maximum atomic E-state index is 12.9. The Morgan fingerprint density at radius 3 is 2.19 bits per heavy atom. The molecular weight excluding hydrogens is 330 g/mol. The summed E-state index contributed by atoms with van der Waals surface area (Å²) in [5.41, 5.74) is 0.696. The lowest BCUT2D eigenvalue weighted by Crippen LogP contribution is -2.40. The van der Waals surface area contributed by atoms with Gasteiger partial charge in [-0.2, -0.15) is 0 Å². The average molecular weight is 344 g/mol. The molecule has 5 aliphatic rings. The van der Waals surface area contributed by atoms with E-state index in [0.29, 0.717) is 29.4 Å². The number of anilines is 1. The maximum Gasteiger partial charge on any atom is 0.238 e. The van der Waals surface area contributed by atoms with Crippen LogP contribution >= 0.6 is 15.9 Å². The molecule has 1 aliphatic heterocycles. The minimum Gasteiger partial charge on any atom is -0.274 e. The van der Waals surface area contributed by atoms with E-state index in [4.69, 9.17) is 0 Å². The van der Waals surface area contributed by atoms with Gasteiger partial charge in [0.2, 0.25) is 11.8 Å². The van der Waals surface area contributed by atoms with Gasteiger partial charge >= 0.3 is 0 Å². The Bertz CT molecular complexity index is 676. The summed E-state index contributed by atoms with van der Waals surface area (Å²) >= 11 is 3.42. The summed E-state index contributed by atoms with van der Waals surface area (Å²) in [5.74, 6) is 1.67. The number of allylic oxidation sites excluding steroid dienone is 2. The van der Waals surface area contributed by atoms with Gasteiger partial charge in [0.25, 0.3) is 0 Å². The van der Waals surface area contributed by atoms with Crippen LogP contribution in [0.4, 0.5) is 5.69 Å². The summed E-state index contributed by atoms with van der Waals surface area (Å²) in [4.78, 5) is 27.2. The predicted molar refractivity (Wildman–Crippen MR) is 81.3 cm³/mol. The quantitative estimate of drug-likeness (QED) is 0.580. The molecule has 2 saturated carbocycles. The lowest BCUT2D eigenvalue weighted by atomic mass is 9.63. The molecule has 0 radical (unpaired) electrons. The Kier molecular flexibility index (Phi) is 2.23. The van der Waals surface area contributed by atoms with E-state index in [1.54, 1.807) is 0 Å². The third-order valence-corrected chi connectivity index (χ3v) is 6.22. The van der Waals surface area contributed by atoms with Crippen molar-refractivity contribution in [2.24, 2.45) is 35.5 Å². The smallest absolute Gasteiger partial charge is 0.238 e. The summed E-state index contributed by atoms with van der Waals surface area (Å²) in [6.45, 7) is 0. The van der Waals surface area contributed by atoms with E-state index in [1.807, 2.05) is 24.3 Å². The minimum absolute atomic E-state index is 0.00722. The van der Waals surface area contributed by atoms with Crippen LogP contribution in [0.1, 0.15) is 6.42 Å². The van der Waals surface area contributed by atoms with E-state index in [-0.39, 0.29) is 23.7 Å². The van der Waals surface area contributed by atoms with Gasteiger partial charge in [-0.25, -0.2) is 4.90 Å². The first kappa shape index (κ1) is 12.2. The summed E-state index contributed by atoms with van der Waals surface area (Å²) in [7, 11) is 0. The van der Waals surface area contributed by atoms with E-state index < -0.39 is 0 Å². The van der Waals surface area contributed by atoms with Crippen LogP contribution in [-0.4, -0.2) is 11.8 Å². The highest BCUT2D eigenvalue weighted by Gasteiger charge is 2.67. The number of amides is 2. The van der Waals surface area contributed by atoms with Crippen molar-refractivity contribution in [3.8, 4) is 0 Å². The van der Waals surface area contributed by atoms with Gasteiger partial charge in [-0.3, -0.25) is 9.59 Å². The van der Waals surface area contributed by atoms with Crippen molar-refractivity contribution in [1.29, 1.82) is 0 Å². The normalized spacial score (nSPS) is 42.2. The Morgan fingerprint density at radius 1 is 1.00 bits per heavy atom. The van der Waals surface area contributed by atoms with Crippen molar-refractivity contribution >= 4 is 33.4 Å². The standard InChI is InChI=1S/C17H14BrNO2/c18-8-2-1-3-9(6-8)19-16(20)14-10-4-5-11(13-7-12(10)13)15(14)17(19)21/h1-6,10-15H,7H2/t10-,11+,12-,13-,14+,15-/m1/s1. The fraction of sp³-hybridized carbons (Fsp3) is 0.412. The molecule has 1 heterocycles. The fourth-order valence-electron chi connectivity index (χ4n) is 4.83. The lowest BCUT2D eigenvalue weighted by Gasteiger charge is -2.37. The minimum atomic E-state index is -0.116. The number of hydrogen-bond acceptors (Lipinski definition) is 2. The molecule has 4 aliphatic carbocycles. The zero-order chi connectivity index (χ0) is 14.3. The van der Waals surface area contributed by atoms with Gasteiger partial charge in [0.15, 0.2) is 0 Å². The molecule has 0 spiro atoms. The average Bonchev–Trinajstić information content (AvgIpc) is 3.24. The van der Waals surface area contributed by atoms with Crippen LogP contribution in [-0.2, 0) is 9.59 Å². The molecule has 1 aromatic rings. The van der Waals surface area contributed by atoms with Gasteiger partial charge in [0.1, 0.15) is 0 Å². The first-order chi connectivity index (χ1) is 10.2. The van der Waals surface area contributed by atoms with Crippen LogP contribution in [0.5, 0.6) is 0 Å². The molecule has 106 valence electrons. The predicted octanol–water partition coefficient (Wildman–Crippen LogP) is 3.01. The highest BCUT2D eigenvalue weighted by Crippen LogP contribution is 2.65. The molecule has 3 nitrogen and oxygen atoms in total. The van der Waals surface area contributed by atoms with Crippen molar-refractivity contribution in [2.45, 2.75) is 6.42 Å². The highest BCUT2D eigenvalue weighted by atomic mass is 79.9. The van der Waals surface area contributed by atoms with Crippen molar-refractivity contribution in [3.63, 3.8) is 0 Å². The van der Waals surface area contributed by atoms with Crippen LogP contribution in [0, 0.1) is 35.5 Å². The Morgan fingerprint density at radius 2 is 1.62 bits per heavy atom. The van der Waals surface area contributed by atoms with Crippen molar-refractivity contribution in [2.75, 3.05) is 4.90 Å². The fourth-order valence-corrected chi connectivity index (χ4v) is 5.21. The van der Waals surface area contributed by atoms with Crippen molar-refractivity contribution in [1.82, 2.24) is 0 Å². The van der Waals surface area contributed by atoms with Gasteiger partial charge in [-0.05, 0) is 48.3 Å². The summed E-state index contributed by atoms with van der Waals surface area (Å²) in [6.07, 6.45) is 5.61. The Balaban J connectivity index is 1.60. The highest BCUT2D eigenvalue weighted by molar-refractivity contribution is 9.10. The summed E-state index contributed by atoms with van der Waals surface area (Å²) < 4.78 is 0.888. The van der Waals surface area contributed by atoms with Gasteiger partial charge in [-0.15, -0.1) is 0 Å². The SMILES string of the molecule is O=C1[C@@H]2[C@H]3C=C[C@H]([C@H]4C[C@H]34)[C@@H]2C(=O)N1c1cccc(Br)c1. The first-order valence-corrected chi connectivity index (χ1v) is 8.28. The van der Waals surface area contributed by atoms with Crippen LogP contribution in [0.25, 0.3) is 0 Å². The number of halogens is 1. The van der Waals surface area contributed by atoms with E-state index in [9.17, 15) is 9.59 Å². The van der Waals surface area contributed by atoms with E-state index in [1.165, 1.54) is 11.3 Å². The molecule has 0 aromatic heterocycles. The molecule has 3 fully saturated rings. The molecule has 21 heavy (non-hydrogen) atoms. The van der Waals surface area contributed by atoms with Gasteiger partial charge in [0, 0.05) is 4.47 Å². The van der Waals surface area contributed by atoms with Crippen LogP contribution in [0.2, 0.25) is 0 Å². The van der Waals surface area contributed by atoms with E-state index in [2.05, 4.69) is 28.1 Å². The molecule has 0 N–H and O–H groups in total. The lowest BCUT2D eigenvalue weighted by molar-refractivity contribution is -0.124. The van der Waals surface area contributed by atoms with E-state index >= 15 is 0 Å². The second kappa shape index (κ2) is 3.86. The number of rotatable bonds is 1. The molecule has 6 rings (SSSR count). The maximum absolute atomic E-state index is 12.9. The number of imide groups is 1. The topological polar surface area (TPSA) is 37.4 Å². The molecule has 1 saturated heterocycles. The zero-order valence-corrected chi connectivity index (χ0v) is 12.9. The third kappa shape index (κ3) is 1.44. The molecule has 0 unspecified atom stereocenters. The molecule has 2 bridgehead atoms. The molecule has 6 atom stereocenters. The second-order valence-corrected chi connectivity index (χ2v) is 7.56. The number of benzene rings is 1. The molecule has 1 aromatic carbocycles. The van der Waals surface area contributed by atoms with Gasteiger partial charge < -0.3 is 0 Å². The summed E-state index contributed by atoms with van der Waals surface area (Å²) in [5, 5.41) is 0. The largest absolute Gasteiger partial charge is 0.274 e. The van der Waals surface area contributed by atoms with Crippen LogP contribution < -0.4 is 4.90 Å². The Hall–Kier alpha value is -1.42. The van der Waals surface area contributed by atoms with Crippen LogP contribution in [0.3, 0.4) is 0 Å². The number of carbonyl (C=O) groups is 2. The zero-order valence-electron chi connectivity index (χ0n) is 11.3. The summed E-state index contributed by atoms with van der Waals surface area (Å²) in [6, 6.07) is 7.46. The van der Waals surface area contributed by atoms with Crippen LogP contribution in [0.15, 0.2) is 40.9 Å². The number of nitrogens with zero attached hydrogens (tertiary/aromatic N) is 1. The Labute approximate surface area is 131 Å². The second-order valence-electron chi connectivity index (χ2n) is 6.65. The number of carbonyl (C=O) groups excluding carboxylic acids is 2. The monoisotopic (exact) mass is 343 g/mol. The first-order valence-electron chi connectivity index (χ1n) is 7.48. The molecular formula is C17H14BrNO2.